The molecular weight excluding hydrogens is 254 g/mol. The van der Waals surface area contributed by atoms with Gasteiger partial charge >= 0.3 is 0 Å². The summed E-state index contributed by atoms with van der Waals surface area (Å²) in [6.45, 7) is 0.999. The Kier molecular flexibility index (Phi) is 2.90. The van der Waals surface area contributed by atoms with E-state index in [9.17, 15) is 8.42 Å². The number of hydrogen-bond acceptors (Lipinski definition) is 6. The van der Waals surface area contributed by atoms with Gasteiger partial charge in [-0.05, 0) is 31.2 Å². The van der Waals surface area contributed by atoms with Crippen LogP contribution in [0.2, 0.25) is 0 Å². The van der Waals surface area contributed by atoms with Gasteiger partial charge in [-0.1, -0.05) is 11.6 Å². The molecule has 1 saturated heterocycles. The Hall–Kier alpha value is -0.950. The van der Waals surface area contributed by atoms with Crippen molar-refractivity contribution in [1.82, 2.24) is 15.5 Å². The second-order valence-electron chi connectivity index (χ2n) is 5.36. The fourth-order valence-electron chi connectivity index (χ4n) is 3.14. The van der Waals surface area contributed by atoms with E-state index < -0.39 is 9.84 Å². The van der Waals surface area contributed by atoms with Crippen LogP contribution in [0.15, 0.2) is 4.52 Å². The quantitative estimate of drug-likeness (QED) is 0.870. The van der Waals surface area contributed by atoms with E-state index in [2.05, 4.69) is 15.5 Å². The van der Waals surface area contributed by atoms with Crippen LogP contribution in [0, 0.1) is 11.8 Å². The molecule has 0 radical (unpaired) electrons. The third kappa shape index (κ3) is 2.29. The third-order valence-corrected chi connectivity index (χ3v) is 4.67. The molecule has 2 heterocycles. The summed E-state index contributed by atoms with van der Waals surface area (Å²) < 4.78 is 27.6. The summed E-state index contributed by atoms with van der Waals surface area (Å²) in [5.74, 6) is 1.92. The summed E-state index contributed by atoms with van der Waals surface area (Å²) in [6, 6.07) is 0.110. The molecule has 2 fully saturated rings. The molecule has 0 aromatic carbocycles. The first-order valence-electron chi connectivity index (χ1n) is 6.26. The van der Waals surface area contributed by atoms with E-state index in [0.29, 0.717) is 17.7 Å². The summed E-state index contributed by atoms with van der Waals surface area (Å²) in [7, 11) is -3.11. The number of aromatic nitrogens is 2. The second-order valence-corrected chi connectivity index (χ2v) is 7.50. The fraction of sp³-hybridized carbons (Fsp3) is 0.818. The van der Waals surface area contributed by atoms with Crippen LogP contribution in [0.25, 0.3) is 0 Å². The lowest BCUT2D eigenvalue weighted by molar-refractivity contribution is 0.301. The Morgan fingerprint density at radius 2 is 2.28 bits per heavy atom. The average molecular weight is 271 g/mol. The molecule has 6 nitrogen and oxygen atoms in total. The first-order chi connectivity index (χ1) is 8.53. The maximum Gasteiger partial charge on any atom is 0.244 e. The van der Waals surface area contributed by atoms with Crippen LogP contribution in [0.4, 0.5) is 0 Å². The van der Waals surface area contributed by atoms with Crippen molar-refractivity contribution < 1.29 is 12.9 Å². The normalized spacial score (nSPS) is 31.7. The van der Waals surface area contributed by atoms with Crippen molar-refractivity contribution in [3.05, 3.63) is 11.7 Å². The highest BCUT2D eigenvalue weighted by Gasteiger charge is 2.42. The maximum atomic E-state index is 11.2. The zero-order valence-corrected chi connectivity index (χ0v) is 11.1. The lowest BCUT2D eigenvalue weighted by Gasteiger charge is -2.13. The molecule has 3 unspecified atom stereocenters. The number of sulfone groups is 1. The van der Waals surface area contributed by atoms with Gasteiger partial charge in [0.25, 0.3) is 0 Å². The van der Waals surface area contributed by atoms with Crippen LogP contribution in [-0.4, -0.2) is 31.4 Å². The predicted octanol–water partition coefficient (Wildman–Crippen LogP) is 0.675. The van der Waals surface area contributed by atoms with E-state index in [1.807, 2.05) is 0 Å². The van der Waals surface area contributed by atoms with Crippen LogP contribution in [0.5, 0.6) is 0 Å². The average Bonchev–Trinajstić information content (AvgIpc) is 2.88. The van der Waals surface area contributed by atoms with Gasteiger partial charge in [0.05, 0.1) is 6.04 Å². The van der Waals surface area contributed by atoms with Gasteiger partial charge in [-0.15, -0.1) is 0 Å². The highest BCUT2D eigenvalue weighted by atomic mass is 32.2. The molecule has 0 amide bonds. The minimum Gasteiger partial charge on any atom is -0.338 e. The number of fused-ring (bicyclic) bond motifs is 1. The van der Waals surface area contributed by atoms with Crippen LogP contribution in [-0.2, 0) is 15.6 Å². The van der Waals surface area contributed by atoms with Gasteiger partial charge in [0.2, 0.25) is 5.89 Å². The zero-order chi connectivity index (χ0) is 12.8. The van der Waals surface area contributed by atoms with Crippen molar-refractivity contribution in [3.8, 4) is 0 Å². The number of nitrogens with zero attached hydrogens (tertiary/aromatic N) is 2. The van der Waals surface area contributed by atoms with Crippen molar-refractivity contribution in [2.24, 2.45) is 11.8 Å². The van der Waals surface area contributed by atoms with E-state index in [-0.39, 0.29) is 17.6 Å². The molecule has 0 bridgehead atoms. The summed E-state index contributed by atoms with van der Waals surface area (Å²) in [6.07, 6.45) is 4.88. The van der Waals surface area contributed by atoms with Crippen LogP contribution in [0.3, 0.4) is 0 Å². The van der Waals surface area contributed by atoms with Crippen LogP contribution in [0.1, 0.15) is 37.0 Å². The summed E-state index contributed by atoms with van der Waals surface area (Å²) >= 11 is 0. The predicted molar refractivity (Wildman–Crippen MR) is 64.4 cm³/mol. The smallest absolute Gasteiger partial charge is 0.244 e. The van der Waals surface area contributed by atoms with Gasteiger partial charge in [-0.2, -0.15) is 4.98 Å². The Balaban J connectivity index is 1.77. The van der Waals surface area contributed by atoms with Crippen molar-refractivity contribution >= 4 is 9.84 Å². The van der Waals surface area contributed by atoms with Gasteiger partial charge in [0.1, 0.15) is 5.75 Å². The van der Waals surface area contributed by atoms with Gasteiger partial charge < -0.3 is 9.84 Å². The molecule has 2 aliphatic rings. The molecular formula is C11H17N3O3S. The number of hydrogen-bond donors (Lipinski definition) is 1. The number of rotatable bonds is 3. The Morgan fingerprint density at radius 3 is 3.06 bits per heavy atom. The molecule has 1 aliphatic heterocycles. The molecule has 18 heavy (non-hydrogen) atoms. The second kappa shape index (κ2) is 4.31. The Labute approximate surface area is 106 Å². The van der Waals surface area contributed by atoms with Gasteiger partial charge in [0, 0.05) is 6.26 Å². The summed E-state index contributed by atoms with van der Waals surface area (Å²) in [4.78, 5) is 4.22. The van der Waals surface area contributed by atoms with E-state index in [4.69, 9.17) is 4.52 Å². The maximum absolute atomic E-state index is 11.2. The molecule has 1 N–H and O–H groups in total. The Bertz CT molecular complexity index is 539. The van der Waals surface area contributed by atoms with Gasteiger partial charge in [-0.25, -0.2) is 8.42 Å². The molecule has 1 aliphatic carbocycles. The largest absolute Gasteiger partial charge is 0.338 e. The molecule has 0 spiro atoms. The minimum atomic E-state index is -3.11. The first kappa shape index (κ1) is 12.1. The molecule has 1 saturated carbocycles. The van der Waals surface area contributed by atoms with Crippen molar-refractivity contribution in [1.29, 1.82) is 0 Å². The molecule has 3 rings (SSSR count). The lowest BCUT2D eigenvalue weighted by Crippen LogP contribution is -2.18. The molecule has 1 aromatic heterocycles. The highest BCUT2D eigenvalue weighted by molar-refractivity contribution is 7.89. The van der Waals surface area contributed by atoms with E-state index in [1.54, 1.807) is 0 Å². The van der Waals surface area contributed by atoms with Crippen molar-refractivity contribution in [2.45, 2.75) is 31.1 Å². The van der Waals surface area contributed by atoms with E-state index >= 15 is 0 Å². The lowest BCUT2D eigenvalue weighted by atomic mass is 9.94. The van der Waals surface area contributed by atoms with E-state index in [1.165, 1.54) is 25.5 Å². The summed E-state index contributed by atoms with van der Waals surface area (Å²) in [5.41, 5.74) is 0. The minimum absolute atomic E-state index is 0.110. The SMILES string of the molecule is CS(=O)(=O)Cc1noc(C2NCC3CCCC32)n1. The molecule has 3 atom stereocenters. The standard InChI is InChI=1S/C11H17N3O3S/c1-18(15,16)6-9-13-11(17-14-9)10-8-4-2-3-7(8)5-12-10/h7-8,10,12H,2-6H2,1H3. The topological polar surface area (TPSA) is 85.1 Å². The highest BCUT2D eigenvalue weighted by Crippen LogP contribution is 2.43. The van der Waals surface area contributed by atoms with Crippen LogP contribution < -0.4 is 5.32 Å². The molecule has 1 aromatic rings. The van der Waals surface area contributed by atoms with Gasteiger partial charge in [0.15, 0.2) is 15.7 Å². The molecule has 100 valence electrons. The Morgan fingerprint density at radius 1 is 1.44 bits per heavy atom. The van der Waals surface area contributed by atoms with Crippen LogP contribution >= 0.6 is 0 Å². The van der Waals surface area contributed by atoms with Crippen molar-refractivity contribution in [2.75, 3.05) is 12.8 Å². The molecule has 7 heteroatoms. The fourth-order valence-corrected chi connectivity index (χ4v) is 3.73. The monoisotopic (exact) mass is 271 g/mol. The van der Waals surface area contributed by atoms with Crippen molar-refractivity contribution in [3.63, 3.8) is 0 Å². The van der Waals surface area contributed by atoms with E-state index in [0.717, 1.165) is 6.54 Å². The third-order valence-electron chi connectivity index (χ3n) is 3.89. The zero-order valence-electron chi connectivity index (χ0n) is 10.3. The van der Waals surface area contributed by atoms with Gasteiger partial charge in [-0.3, -0.25) is 0 Å². The first-order valence-corrected chi connectivity index (χ1v) is 8.32. The number of nitrogens with one attached hydrogen (secondary N) is 1. The summed E-state index contributed by atoms with van der Waals surface area (Å²) in [5, 5.41) is 7.16.